The van der Waals surface area contributed by atoms with Crippen LogP contribution in [0.3, 0.4) is 0 Å². The Hall–Kier alpha value is -3.25. The summed E-state index contributed by atoms with van der Waals surface area (Å²) in [4.78, 5) is 19.5. The van der Waals surface area contributed by atoms with Crippen LogP contribution in [0.5, 0.6) is 0 Å². The fourth-order valence-electron chi connectivity index (χ4n) is 6.44. The van der Waals surface area contributed by atoms with Gasteiger partial charge >= 0.3 is 0 Å². The molecular weight excluding hydrogens is 460 g/mol. The molecule has 3 aromatic rings. The first-order valence-corrected chi connectivity index (χ1v) is 13.3. The van der Waals surface area contributed by atoms with E-state index in [1.165, 1.54) is 11.3 Å². The van der Waals surface area contributed by atoms with Crippen molar-refractivity contribution in [1.29, 1.82) is 5.26 Å². The van der Waals surface area contributed by atoms with E-state index in [-0.39, 0.29) is 5.54 Å². The van der Waals surface area contributed by atoms with E-state index in [2.05, 4.69) is 75.7 Å². The molecule has 0 aliphatic carbocycles. The number of hydrogen-bond acceptors (Lipinski definition) is 8. The third-order valence-electron chi connectivity index (χ3n) is 8.30. The maximum atomic E-state index is 9.55. The minimum atomic E-state index is -0.0977. The molecule has 0 amide bonds. The van der Waals surface area contributed by atoms with Crippen LogP contribution in [0, 0.1) is 18.3 Å². The Morgan fingerprint density at radius 2 is 1.92 bits per heavy atom. The Balaban J connectivity index is 1.17. The van der Waals surface area contributed by atoms with Crippen molar-refractivity contribution in [1.82, 2.24) is 19.8 Å². The summed E-state index contributed by atoms with van der Waals surface area (Å²) in [6, 6.07) is 15.7. The lowest BCUT2D eigenvalue weighted by Crippen LogP contribution is -2.65. The number of aromatic nitrogens is 2. The van der Waals surface area contributed by atoms with Crippen LogP contribution in [0.15, 0.2) is 42.6 Å². The quantitative estimate of drug-likeness (QED) is 0.590. The number of fused-ring (bicyclic) bond motifs is 2. The van der Waals surface area contributed by atoms with Crippen molar-refractivity contribution >= 4 is 22.4 Å². The molecule has 2 aromatic heterocycles. The Kier molecular flexibility index (Phi) is 6.03. The molecule has 37 heavy (non-hydrogen) atoms. The van der Waals surface area contributed by atoms with Crippen molar-refractivity contribution in [2.45, 2.75) is 44.9 Å². The Labute approximate surface area is 219 Å². The fraction of sp³-hybridized carbons (Fsp3) is 0.483. The number of benzene rings is 1. The normalized spacial score (nSPS) is 24.0. The number of aryl methyl sites for hydroxylation is 1. The van der Waals surface area contributed by atoms with Crippen molar-refractivity contribution in [3.8, 4) is 6.07 Å². The molecule has 2 unspecified atom stereocenters. The highest BCUT2D eigenvalue weighted by Crippen LogP contribution is 2.32. The van der Waals surface area contributed by atoms with Gasteiger partial charge in [-0.15, -0.1) is 0 Å². The number of nitrogens with zero attached hydrogens (tertiary/aromatic N) is 7. The molecule has 3 aliphatic rings. The molecule has 0 spiro atoms. The van der Waals surface area contributed by atoms with Crippen LogP contribution in [-0.2, 0) is 6.54 Å². The molecule has 192 valence electrons. The second kappa shape index (κ2) is 9.25. The number of nitriles is 1. The summed E-state index contributed by atoms with van der Waals surface area (Å²) in [5.74, 6) is 1.04. The summed E-state index contributed by atoms with van der Waals surface area (Å²) in [6.07, 6.45) is 1.77. The number of piperazine rings is 2. The number of nitrogens with two attached hydrogens (primary N) is 1. The van der Waals surface area contributed by atoms with Gasteiger partial charge in [0.2, 0.25) is 0 Å². The summed E-state index contributed by atoms with van der Waals surface area (Å²) < 4.78 is 0. The van der Waals surface area contributed by atoms with Crippen molar-refractivity contribution in [2.75, 3.05) is 55.6 Å². The number of rotatable bonds is 4. The summed E-state index contributed by atoms with van der Waals surface area (Å²) in [6.45, 7) is 14.4. The first kappa shape index (κ1) is 24.1. The van der Waals surface area contributed by atoms with Gasteiger partial charge in [0, 0.05) is 92.9 Å². The Morgan fingerprint density at radius 1 is 1.08 bits per heavy atom. The van der Waals surface area contributed by atoms with Crippen LogP contribution in [0.4, 0.5) is 11.5 Å². The minimum Gasteiger partial charge on any atom is -0.368 e. The molecule has 3 saturated heterocycles. The summed E-state index contributed by atoms with van der Waals surface area (Å²) in [5.41, 5.74) is 11.1. The zero-order valence-electron chi connectivity index (χ0n) is 22.1. The summed E-state index contributed by atoms with van der Waals surface area (Å²) in [5, 5.41) is 10.6. The molecule has 3 aliphatic heterocycles. The average molecular weight is 497 g/mol. The van der Waals surface area contributed by atoms with Crippen LogP contribution in [0.1, 0.15) is 30.7 Å². The maximum Gasteiger partial charge on any atom is 0.128 e. The second-order valence-corrected chi connectivity index (χ2v) is 11.4. The van der Waals surface area contributed by atoms with Crippen molar-refractivity contribution in [3.05, 3.63) is 59.4 Å². The van der Waals surface area contributed by atoms with Crippen LogP contribution >= 0.6 is 0 Å². The predicted molar refractivity (Wildman–Crippen MR) is 148 cm³/mol. The van der Waals surface area contributed by atoms with Crippen LogP contribution < -0.4 is 15.5 Å². The van der Waals surface area contributed by atoms with Crippen LogP contribution in [-0.4, -0.2) is 83.2 Å². The van der Waals surface area contributed by atoms with Gasteiger partial charge < -0.3 is 15.5 Å². The third-order valence-corrected chi connectivity index (χ3v) is 8.30. The van der Waals surface area contributed by atoms with E-state index in [4.69, 9.17) is 10.7 Å². The lowest BCUT2D eigenvalue weighted by Gasteiger charge is -2.51. The minimum absolute atomic E-state index is 0.0977. The van der Waals surface area contributed by atoms with Gasteiger partial charge in [-0.1, -0.05) is 6.07 Å². The number of pyridine rings is 2. The van der Waals surface area contributed by atoms with Gasteiger partial charge in [-0.2, -0.15) is 5.26 Å². The van der Waals surface area contributed by atoms with E-state index in [0.717, 1.165) is 74.8 Å². The highest BCUT2D eigenvalue weighted by Gasteiger charge is 2.37. The van der Waals surface area contributed by atoms with Gasteiger partial charge in [-0.25, -0.2) is 4.98 Å². The van der Waals surface area contributed by atoms with E-state index in [9.17, 15) is 5.26 Å². The zero-order valence-corrected chi connectivity index (χ0v) is 22.1. The molecule has 5 heterocycles. The molecule has 8 heteroatoms. The molecule has 0 radical (unpaired) electrons. The fourth-order valence-corrected chi connectivity index (χ4v) is 6.44. The van der Waals surface area contributed by atoms with E-state index in [1.54, 1.807) is 6.20 Å². The van der Waals surface area contributed by atoms with Crippen molar-refractivity contribution in [2.24, 2.45) is 5.73 Å². The maximum absolute atomic E-state index is 9.55. The summed E-state index contributed by atoms with van der Waals surface area (Å²) in [7, 11) is 0. The van der Waals surface area contributed by atoms with E-state index in [1.807, 2.05) is 12.1 Å². The zero-order chi connectivity index (χ0) is 25.7. The smallest absolute Gasteiger partial charge is 0.128 e. The Bertz CT molecular complexity index is 1350. The molecule has 2 N–H and O–H groups in total. The molecule has 8 nitrogen and oxygen atoms in total. The van der Waals surface area contributed by atoms with E-state index in [0.29, 0.717) is 17.6 Å². The molecule has 6 rings (SSSR count). The van der Waals surface area contributed by atoms with Crippen molar-refractivity contribution in [3.63, 3.8) is 0 Å². The van der Waals surface area contributed by atoms with Crippen LogP contribution in [0.25, 0.3) is 10.9 Å². The topological polar surface area (TPSA) is 88.6 Å². The lowest BCUT2D eigenvalue weighted by molar-refractivity contribution is 0.0316. The van der Waals surface area contributed by atoms with Gasteiger partial charge in [-0.3, -0.25) is 14.8 Å². The van der Waals surface area contributed by atoms with Gasteiger partial charge in [0.05, 0.1) is 11.1 Å². The van der Waals surface area contributed by atoms with Gasteiger partial charge in [-0.05, 0) is 56.7 Å². The SMILES string of the molecule is Cc1nc(N2CC(C)(N)C2)ccc1CN1CCN2C(C)CN(c3ccc(C#N)c4ncccc34)CC2C1. The molecule has 0 bridgehead atoms. The molecular formula is C29H36N8. The van der Waals surface area contributed by atoms with Gasteiger partial charge in [0.1, 0.15) is 11.9 Å². The second-order valence-electron chi connectivity index (χ2n) is 11.4. The monoisotopic (exact) mass is 496 g/mol. The standard InChI is InChI=1S/C29H36N8/c1-20-14-35(26-8-6-22(13-30)28-25(26)5-4-10-32-28)17-24-16-34(11-12-37(20)24)15-23-7-9-27(33-21(23)2)36-18-29(3,31)19-36/h4-10,20,24H,11-12,14-19,31H2,1-3H3. The lowest BCUT2D eigenvalue weighted by atomic mass is 9.94. The van der Waals surface area contributed by atoms with E-state index < -0.39 is 0 Å². The highest BCUT2D eigenvalue weighted by atomic mass is 15.4. The molecule has 0 saturated carbocycles. The van der Waals surface area contributed by atoms with Crippen molar-refractivity contribution < 1.29 is 0 Å². The van der Waals surface area contributed by atoms with Crippen LogP contribution in [0.2, 0.25) is 0 Å². The first-order valence-electron chi connectivity index (χ1n) is 13.3. The molecule has 1 aromatic carbocycles. The van der Waals surface area contributed by atoms with E-state index >= 15 is 0 Å². The average Bonchev–Trinajstić information content (AvgIpc) is 2.87. The summed E-state index contributed by atoms with van der Waals surface area (Å²) >= 11 is 0. The number of hydrogen-bond donors (Lipinski definition) is 1. The third kappa shape index (κ3) is 4.52. The predicted octanol–water partition coefficient (Wildman–Crippen LogP) is 2.74. The van der Waals surface area contributed by atoms with Gasteiger partial charge in [0.25, 0.3) is 0 Å². The first-order chi connectivity index (χ1) is 17.8. The Morgan fingerprint density at radius 3 is 2.68 bits per heavy atom. The largest absolute Gasteiger partial charge is 0.368 e. The van der Waals surface area contributed by atoms with Gasteiger partial charge in [0.15, 0.2) is 0 Å². The highest BCUT2D eigenvalue weighted by molar-refractivity contribution is 5.95. The number of anilines is 2. The molecule has 2 atom stereocenters. The molecule has 3 fully saturated rings.